The highest BCUT2D eigenvalue weighted by Crippen LogP contribution is 2.28. The van der Waals surface area contributed by atoms with Gasteiger partial charge in [-0.3, -0.25) is 9.59 Å². The van der Waals surface area contributed by atoms with Crippen LogP contribution < -0.4 is 0 Å². The molecule has 0 saturated carbocycles. The van der Waals surface area contributed by atoms with Crippen LogP contribution in [0.15, 0.2) is 0 Å². The van der Waals surface area contributed by atoms with Crippen molar-refractivity contribution in [1.29, 1.82) is 0 Å². The van der Waals surface area contributed by atoms with Gasteiger partial charge in [0.15, 0.2) is 0 Å². The van der Waals surface area contributed by atoms with Crippen LogP contribution in [0, 0.1) is 0 Å². The summed E-state index contributed by atoms with van der Waals surface area (Å²) in [6, 6.07) is 0. The van der Waals surface area contributed by atoms with Gasteiger partial charge in [-0.05, 0) is 5.25 Å². The van der Waals surface area contributed by atoms with E-state index in [1.165, 1.54) is 11.8 Å². The largest absolute Gasteiger partial charge is 0.272 e. The molecule has 1 saturated heterocycles. The Labute approximate surface area is 74.2 Å². The van der Waals surface area contributed by atoms with Crippen LogP contribution >= 0.6 is 11.8 Å². The van der Waals surface area contributed by atoms with Crippen molar-refractivity contribution in [2.24, 2.45) is 0 Å². The molecule has 1 aliphatic heterocycles. The molecule has 0 spiro atoms. The average Bonchev–Trinajstić information content (AvgIpc) is 2.17. The van der Waals surface area contributed by atoms with Gasteiger partial charge in [-0.25, -0.2) is 0 Å². The third kappa shape index (κ3) is 1.77. The maximum atomic E-state index is 12.5. The highest BCUT2D eigenvalue weighted by atomic mass is 32.2. The molecule has 0 bridgehead atoms. The summed E-state index contributed by atoms with van der Waals surface area (Å²) in [6.07, 6.45) is -0.00181. The SMILES string of the molecule is CC(C)SC1CC(=O)N(F)C1=O. The number of carbonyl (C=O) groups excluding carboxylic acids is 2. The van der Waals surface area contributed by atoms with Crippen molar-refractivity contribution < 1.29 is 14.1 Å². The van der Waals surface area contributed by atoms with Gasteiger partial charge in [0.1, 0.15) is 0 Å². The molecule has 0 aliphatic carbocycles. The maximum Gasteiger partial charge on any atom is 0.271 e. The molecule has 1 unspecified atom stereocenters. The van der Waals surface area contributed by atoms with E-state index in [9.17, 15) is 14.1 Å². The van der Waals surface area contributed by atoms with E-state index in [1.807, 2.05) is 13.8 Å². The Hall–Kier alpha value is -0.580. The van der Waals surface area contributed by atoms with Crippen LogP contribution in [0.2, 0.25) is 0 Å². The Kier molecular flexibility index (Phi) is 2.72. The summed E-state index contributed by atoms with van der Waals surface area (Å²) in [7, 11) is 0. The number of carbonyl (C=O) groups is 2. The molecule has 12 heavy (non-hydrogen) atoms. The summed E-state index contributed by atoms with van der Waals surface area (Å²) < 4.78 is 12.5. The number of halogens is 1. The van der Waals surface area contributed by atoms with Crippen molar-refractivity contribution in [3.05, 3.63) is 0 Å². The molecule has 0 aromatic carbocycles. The van der Waals surface area contributed by atoms with E-state index in [0.29, 0.717) is 0 Å². The van der Waals surface area contributed by atoms with Gasteiger partial charge in [-0.2, -0.15) is 0 Å². The number of hydrogen-bond acceptors (Lipinski definition) is 3. The first-order chi connectivity index (χ1) is 5.52. The first-order valence-corrected chi connectivity index (χ1v) is 4.64. The quantitative estimate of drug-likeness (QED) is 0.485. The second kappa shape index (κ2) is 3.43. The van der Waals surface area contributed by atoms with E-state index >= 15 is 0 Å². The van der Waals surface area contributed by atoms with Gasteiger partial charge in [0.2, 0.25) is 0 Å². The Morgan fingerprint density at radius 3 is 2.50 bits per heavy atom. The van der Waals surface area contributed by atoms with E-state index in [2.05, 4.69) is 0 Å². The summed E-state index contributed by atoms with van der Waals surface area (Å²) in [5, 5.41) is -0.555. The summed E-state index contributed by atoms with van der Waals surface area (Å²) in [4.78, 5) is 21.7. The number of amides is 2. The van der Waals surface area contributed by atoms with Crippen LogP contribution in [0.3, 0.4) is 0 Å². The van der Waals surface area contributed by atoms with Gasteiger partial charge >= 0.3 is 0 Å². The zero-order valence-electron chi connectivity index (χ0n) is 6.91. The monoisotopic (exact) mass is 191 g/mol. The number of imide groups is 1. The second-order valence-electron chi connectivity index (χ2n) is 2.89. The third-order valence-corrected chi connectivity index (χ3v) is 2.73. The summed E-state index contributed by atoms with van der Waals surface area (Å²) in [6.45, 7) is 3.81. The molecule has 1 rings (SSSR count). The molecule has 2 amide bonds. The van der Waals surface area contributed by atoms with Crippen molar-refractivity contribution in [3.8, 4) is 0 Å². The summed E-state index contributed by atoms with van der Waals surface area (Å²) in [5.74, 6) is -1.43. The lowest BCUT2D eigenvalue weighted by molar-refractivity contribution is -0.154. The topological polar surface area (TPSA) is 37.4 Å². The van der Waals surface area contributed by atoms with Crippen LogP contribution in [0.5, 0.6) is 0 Å². The van der Waals surface area contributed by atoms with Crippen molar-refractivity contribution in [1.82, 2.24) is 5.12 Å². The minimum atomic E-state index is -0.724. The zero-order chi connectivity index (χ0) is 9.30. The lowest BCUT2D eigenvalue weighted by Crippen LogP contribution is -2.23. The fourth-order valence-electron chi connectivity index (χ4n) is 1.01. The Balaban J connectivity index is 2.59. The molecule has 5 heteroatoms. The predicted molar refractivity (Wildman–Crippen MR) is 44.1 cm³/mol. The summed E-state index contributed by atoms with van der Waals surface area (Å²) >= 11 is 1.33. The standard InChI is InChI=1S/C7H10FNO2S/c1-4(2)12-5-3-6(10)9(8)7(5)11/h4-5H,3H2,1-2H3. The van der Waals surface area contributed by atoms with Crippen molar-refractivity contribution in [3.63, 3.8) is 0 Å². The average molecular weight is 191 g/mol. The van der Waals surface area contributed by atoms with Crippen LogP contribution in [0.1, 0.15) is 20.3 Å². The lowest BCUT2D eigenvalue weighted by atomic mass is 10.4. The van der Waals surface area contributed by atoms with E-state index in [-0.39, 0.29) is 16.8 Å². The normalized spacial score (nSPS) is 24.3. The predicted octanol–water partition coefficient (Wildman–Crippen LogP) is 1.14. The zero-order valence-corrected chi connectivity index (χ0v) is 7.73. The molecular weight excluding hydrogens is 181 g/mol. The van der Waals surface area contributed by atoms with Gasteiger partial charge in [-0.15, -0.1) is 16.9 Å². The van der Waals surface area contributed by atoms with E-state index in [1.54, 1.807) is 0 Å². The minimum Gasteiger partial charge on any atom is -0.272 e. The van der Waals surface area contributed by atoms with Gasteiger partial charge in [0.25, 0.3) is 11.8 Å². The molecule has 0 N–H and O–H groups in total. The van der Waals surface area contributed by atoms with Crippen LogP contribution in [-0.4, -0.2) is 27.4 Å². The lowest BCUT2D eigenvalue weighted by Gasteiger charge is -2.08. The first kappa shape index (κ1) is 9.51. The maximum absolute atomic E-state index is 12.5. The van der Waals surface area contributed by atoms with E-state index in [0.717, 1.165) is 0 Å². The highest BCUT2D eigenvalue weighted by molar-refractivity contribution is 8.01. The summed E-state index contributed by atoms with van der Waals surface area (Å²) in [5.41, 5.74) is 0. The molecule has 1 atom stereocenters. The third-order valence-electron chi connectivity index (χ3n) is 1.48. The van der Waals surface area contributed by atoms with Gasteiger partial charge in [0, 0.05) is 0 Å². The van der Waals surface area contributed by atoms with Crippen molar-refractivity contribution in [2.45, 2.75) is 30.8 Å². The Morgan fingerprint density at radius 2 is 2.17 bits per heavy atom. The Morgan fingerprint density at radius 1 is 1.58 bits per heavy atom. The van der Waals surface area contributed by atoms with Gasteiger partial charge in [0.05, 0.1) is 11.7 Å². The fraction of sp³-hybridized carbons (Fsp3) is 0.714. The number of hydrogen-bond donors (Lipinski definition) is 0. The molecule has 0 aromatic rings. The molecular formula is C7H10FNO2S. The van der Waals surface area contributed by atoms with Gasteiger partial charge in [-0.1, -0.05) is 18.3 Å². The Bertz CT molecular complexity index is 219. The van der Waals surface area contributed by atoms with Crippen LogP contribution in [0.25, 0.3) is 0 Å². The minimum absolute atomic E-state index is 0.00181. The smallest absolute Gasteiger partial charge is 0.271 e. The van der Waals surface area contributed by atoms with Crippen molar-refractivity contribution >= 4 is 23.6 Å². The fourth-order valence-corrected chi connectivity index (χ4v) is 2.12. The second-order valence-corrected chi connectivity index (χ2v) is 4.67. The first-order valence-electron chi connectivity index (χ1n) is 3.70. The number of rotatable bonds is 2. The molecule has 0 radical (unpaired) electrons. The molecule has 1 aliphatic rings. The molecule has 1 heterocycles. The number of nitrogens with zero attached hydrogens (tertiary/aromatic N) is 1. The molecule has 0 aromatic heterocycles. The molecule has 1 fully saturated rings. The highest BCUT2D eigenvalue weighted by Gasteiger charge is 2.39. The van der Waals surface area contributed by atoms with Crippen molar-refractivity contribution in [2.75, 3.05) is 0 Å². The molecule has 68 valence electrons. The number of thioether (sulfide) groups is 1. The van der Waals surface area contributed by atoms with Gasteiger partial charge < -0.3 is 0 Å². The van der Waals surface area contributed by atoms with E-state index in [4.69, 9.17) is 0 Å². The molecule has 3 nitrogen and oxygen atoms in total. The van der Waals surface area contributed by atoms with Crippen LogP contribution in [0.4, 0.5) is 4.48 Å². The van der Waals surface area contributed by atoms with Crippen LogP contribution in [-0.2, 0) is 9.59 Å². The van der Waals surface area contributed by atoms with E-state index < -0.39 is 17.1 Å².